The van der Waals surface area contributed by atoms with Gasteiger partial charge in [-0.25, -0.2) is 4.79 Å². The third-order valence-corrected chi connectivity index (χ3v) is 3.95. The van der Waals surface area contributed by atoms with Gasteiger partial charge in [-0.3, -0.25) is 5.32 Å². The number of ether oxygens (including phenoxy) is 2. The standard InChI is InChI=1S/C15H17F3N2O3/c1-10-5-4-8-20(9-10)13(21)19-15(14(16,17)18)22-11-6-2-3-7-12(11)23-15/h2-3,6-7,10H,4-5,8-9H2,1H3,(H,19,21)/t10-/m1/s1. The van der Waals surface area contributed by atoms with Crippen LogP contribution in [0.4, 0.5) is 18.0 Å². The van der Waals surface area contributed by atoms with Gasteiger partial charge in [-0.05, 0) is 30.9 Å². The van der Waals surface area contributed by atoms with E-state index in [1.54, 1.807) is 0 Å². The van der Waals surface area contributed by atoms with Gasteiger partial charge in [0.15, 0.2) is 11.5 Å². The van der Waals surface area contributed by atoms with Gasteiger partial charge < -0.3 is 14.4 Å². The van der Waals surface area contributed by atoms with Crippen LogP contribution in [0.2, 0.25) is 0 Å². The van der Waals surface area contributed by atoms with Crippen molar-refractivity contribution < 1.29 is 27.4 Å². The van der Waals surface area contributed by atoms with Gasteiger partial charge in [0, 0.05) is 13.1 Å². The molecule has 0 radical (unpaired) electrons. The number of carbonyl (C=O) groups is 1. The first kappa shape index (κ1) is 15.8. The molecule has 5 nitrogen and oxygen atoms in total. The van der Waals surface area contributed by atoms with Crippen molar-refractivity contribution in [2.75, 3.05) is 13.1 Å². The number of fused-ring (bicyclic) bond motifs is 1. The maximum atomic E-state index is 13.5. The Balaban J connectivity index is 1.81. The number of rotatable bonds is 1. The molecule has 1 saturated heterocycles. The average Bonchev–Trinajstić information content (AvgIpc) is 2.86. The van der Waals surface area contributed by atoms with Crippen LogP contribution < -0.4 is 14.8 Å². The number of alkyl halides is 3. The minimum Gasteiger partial charge on any atom is -0.424 e. The molecule has 0 saturated carbocycles. The van der Waals surface area contributed by atoms with E-state index in [0.29, 0.717) is 13.1 Å². The first-order valence-electron chi connectivity index (χ1n) is 7.41. The van der Waals surface area contributed by atoms with E-state index >= 15 is 0 Å². The number of hydrogen-bond acceptors (Lipinski definition) is 3. The van der Waals surface area contributed by atoms with Crippen molar-refractivity contribution in [1.29, 1.82) is 0 Å². The summed E-state index contributed by atoms with van der Waals surface area (Å²) in [4.78, 5) is 13.6. The molecule has 3 rings (SSSR count). The van der Waals surface area contributed by atoms with Crippen LogP contribution in [0.1, 0.15) is 19.8 Å². The lowest BCUT2D eigenvalue weighted by atomic mass is 10.0. The van der Waals surface area contributed by atoms with Crippen molar-refractivity contribution >= 4 is 6.03 Å². The maximum absolute atomic E-state index is 13.5. The summed E-state index contributed by atoms with van der Waals surface area (Å²) in [5.41, 5.74) is 0. The number of nitrogens with zero attached hydrogens (tertiary/aromatic N) is 1. The van der Waals surface area contributed by atoms with E-state index in [1.807, 2.05) is 12.2 Å². The van der Waals surface area contributed by atoms with Crippen LogP contribution in [-0.4, -0.2) is 36.1 Å². The smallest absolute Gasteiger partial charge is 0.424 e. The molecule has 1 atom stereocenters. The van der Waals surface area contributed by atoms with Crippen molar-refractivity contribution in [3.63, 3.8) is 0 Å². The quantitative estimate of drug-likeness (QED) is 0.861. The summed E-state index contributed by atoms with van der Waals surface area (Å²) in [5.74, 6) is -3.05. The molecule has 1 aromatic carbocycles. The van der Waals surface area contributed by atoms with Crippen LogP contribution in [0.5, 0.6) is 11.5 Å². The van der Waals surface area contributed by atoms with E-state index in [-0.39, 0.29) is 17.4 Å². The molecule has 23 heavy (non-hydrogen) atoms. The summed E-state index contributed by atoms with van der Waals surface area (Å²) in [6, 6.07) is 4.93. The van der Waals surface area contributed by atoms with Gasteiger partial charge >= 0.3 is 18.1 Å². The minimum atomic E-state index is -4.93. The third kappa shape index (κ3) is 2.89. The predicted octanol–water partition coefficient (Wildman–Crippen LogP) is 3.12. The van der Waals surface area contributed by atoms with Gasteiger partial charge in [0.05, 0.1) is 0 Å². The maximum Gasteiger partial charge on any atom is 0.492 e. The Hall–Kier alpha value is -2.12. The van der Waals surface area contributed by atoms with E-state index in [0.717, 1.165) is 12.8 Å². The lowest BCUT2D eigenvalue weighted by Crippen LogP contribution is -2.67. The second-order valence-electron chi connectivity index (χ2n) is 5.89. The number of benzene rings is 1. The van der Waals surface area contributed by atoms with Gasteiger partial charge in [0.2, 0.25) is 0 Å². The lowest BCUT2D eigenvalue weighted by molar-refractivity contribution is -0.318. The van der Waals surface area contributed by atoms with Gasteiger partial charge in [-0.2, -0.15) is 13.2 Å². The molecule has 0 spiro atoms. The molecule has 8 heteroatoms. The number of piperidine rings is 1. The van der Waals surface area contributed by atoms with Gasteiger partial charge in [-0.15, -0.1) is 0 Å². The van der Waals surface area contributed by atoms with E-state index < -0.39 is 18.1 Å². The Morgan fingerprint density at radius 2 is 1.91 bits per heavy atom. The Morgan fingerprint density at radius 1 is 1.30 bits per heavy atom. The van der Waals surface area contributed by atoms with Crippen molar-refractivity contribution in [2.45, 2.75) is 31.9 Å². The summed E-state index contributed by atoms with van der Waals surface area (Å²) in [6.07, 6.45) is -3.22. The molecule has 0 aliphatic carbocycles. The van der Waals surface area contributed by atoms with Crippen LogP contribution in [0.15, 0.2) is 24.3 Å². The van der Waals surface area contributed by atoms with Gasteiger partial charge in [0.1, 0.15) is 0 Å². The Morgan fingerprint density at radius 3 is 2.43 bits per heavy atom. The van der Waals surface area contributed by atoms with Crippen LogP contribution in [0.3, 0.4) is 0 Å². The number of amides is 2. The first-order chi connectivity index (χ1) is 10.8. The molecular formula is C15H17F3N2O3. The zero-order chi connectivity index (χ0) is 16.7. The summed E-state index contributed by atoms with van der Waals surface area (Å²) >= 11 is 0. The number of halogens is 3. The largest absolute Gasteiger partial charge is 0.492 e. The molecule has 1 aromatic rings. The number of urea groups is 1. The molecule has 2 amide bonds. The highest BCUT2D eigenvalue weighted by Crippen LogP contribution is 2.45. The second-order valence-corrected chi connectivity index (χ2v) is 5.89. The highest BCUT2D eigenvalue weighted by molar-refractivity contribution is 5.75. The summed E-state index contributed by atoms with van der Waals surface area (Å²) in [5, 5.41) is 1.89. The van der Waals surface area contributed by atoms with Gasteiger partial charge in [0.25, 0.3) is 0 Å². The summed E-state index contributed by atoms with van der Waals surface area (Å²) < 4.78 is 50.4. The molecule has 1 fully saturated rings. The van der Waals surface area contributed by atoms with Gasteiger partial charge in [-0.1, -0.05) is 19.1 Å². The number of nitrogens with one attached hydrogen (secondary N) is 1. The molecule has 1 N–H and O–H groups in total. The van der Waals surface area contributed by atoms with Crippen molar-refractivity contribution in [3.05, 3.63) is 24.3 Å². The zero-order valence-corrected chi connectivity index (χ0v) is 12.5. The first-order valence-corrected chi connectivity index (χ1v) is 7.41. The van der Waals surface area contributed by atoms with Crippen molar-refractivity contribution in [3.8, 4) is 11.5 Å². The van der Waals surface area contributed by atoms with E-state index in [9.17, 15) is 18.0 Å². The van der Waals surface area contributed by atoms with Crippen LogP contribution in [0, 0.1) is 5.92 Å². The monoisotopic (exact) mass is 330 g/mol. The fourth-order valence-corrected chi connectivity index (χ4v) is 2.78. The molecule has 126 valence electrons. The normalized spacial score (nSPS) is 22.8. The molecule has 2 heterocycles. The molecule has 0 aromatic heterocycles. The highest BCUT2D eigenvalue weighted by atomic mass is 19.4. The Bertz CT molecular complexity index is 581. The lowest BCUT2D eigenvalue weighted by Gasteiger charge is -2.35. The highest BCUT2D eigenvalue weighted by Gasteiger charge is 2.66. The van der Waals surface area contributed by atoms with Crippen molar-refractivity contribution in [2.24, 2.45) is 5.92 Å². The molecule has 2 aliphatic heterocycles. The average molecular weight is 330 g/mol. The zero-order valence-electron chi connectivity index (χ0n) is 12.5. The molecule has 0 bridgehead atoms. The van der Waals surface area contributed by atoms with Crippen LogP contribution in [0.25, 0.3) is 0 Å². The minimum absolute atomic E-state index is 0.0582. The number of carbonyl (C=O) groups excluding carboxylic acids is 1. The molecular weight excluding hydrogens is 313 g/mol. The van der Waals surface area contributed by atoms with Crippen molar-refractivity contribution in [1.82, 2.24) is 10.2 Å². The number of hydrogen-bond donors (Lipinski definition) is 1. The fourth-order valence-electron chi connectivity index (χ4n) is 2.78. The summed E-state index contributed by atoms with van der Waals surface area (Å²) in [6.45, 7) is 2.78. The Labute approximate surface area is 131 Å². The predicted molar refractivity (Wildman–Crippen MR) is 75.0 cm³/mol. The van der Waals surface area contributed by atoms with Crippen LogP contribution >= 0.6 is 0 Å². The third-order valence-electron chi connectivity index (χ3n) is 3.95. The number of likely N-dealkylation sites (tertiary alicyclic amines) is 1. The molecule has 2 aliphatic rings. The summed E-state index contributed by atoms with van der Waals surface area (Å²) in [7, 11) is 0. The topological polar surface area (TPSA) is 50.8 Å². The number of para-hydroxylation sites is 2. The van der Waals surface area contributed by atoms with E-state index in [4.69, 9.17) is 9.47 Å². The van der Waals surface area contributed by atoms with Crippen LogP contribution in [-0.2, 0) is 0 Å². The molecule has 0 unspecified atom stereocenters. The SMILES string of the molecule is C[C@@H]1CCCN(C(=O)NC2(C(F)(F)F)Oc3ccccc3O2)C1. The fraction of sp³-hybridized carbons (Fsp3) is 0.533. The van der Waals surface area contributed by atoms with E-state index in [1.165, 1.54) is 29.2 Å². The second kappa shape index (κ2) is 5.50. The van der Waals surface area contributed by atoms with E-state index in [2.05, 4.69) is 0 Å². The Kier molecular flexibility index (Phi) is 3.77.